The fourth-order valence-electron chi connectivity index (χ4n) is 2.01. The van der Waals surface area contributed by atoms with Crippen LogP contribution in [0.25, 0.3) is 6.08 Å². The first-order valence-corrected chi connectivity index (χ1v) is 7.50. The predicted molar refractivity (Wildman–Crippen MR) is 76.9 cm³/mol. The van der Waals surface area contributed by atoms with Gasteiger partial charge in [-0.2, -0.15) is 57.1 Å². The molecular weight excluding hydrogens is 455 g/mol. The highest BCUT2D eigenvalue weighted by atomic mass is 19.4. The molecule has 0 heterocycles. The summed E-state index contributed by atoms with van der Waals surface area (Å²) in [6, 6.07) is 6.27. The molecule has 0 aliphatic heterocycles. The normalized spacial score (nSPS) is 17.3. The molecule has 1 unspecified atom stereocenters. The summed E-state index contributed by atoms with van der Waals surface area (Å²) in [5.41, 5.74) is -4.46. The minimum absolute atomic E-state index is 0.0717. The van der Waals surface area contributed by atoms with Gasteiger partial charge < -0.3 is 5.11 Å². The van der Waals surface area contributed by atoms with Crippen LogP contribution in [-0.2, 0) is 0 Å². The number of alkyl halides is 13. The molecule has 1 aromatic carbocycles. The molecule has 30 heavy (non-hydrogen) atoms. The van der Waals surface area contributed by atoms with Crippen molar-refractivity contribution in [3.8, 4) is 0 Å². The van der Waals surface area contributed by atoms with Gasteiger partial charge in [0.25, 0.3) is 0 Å². The first kappa shape index (κ1) is 26.0. The van der Waals surface area contributed by atoms with Crippen molar-refractivity contribution in [1.29, 1.82) is 0 Å². The Hall–Kier alpha value is -1.99. The van der Waals surface area contributed by atoms with Crippen LogP contribution in [0.5, 0.6) is 0 Å². The monoisotopic (exact) mass is 466 g/mol. The maximum atomic E-state index is 14.0. The molecule has 0 aliphatic rings. The summed E-state index contributed by atoms with van der Waals surface area (Å²) >= 11 is 0. The first-order chi connectivity index (χ1) is 13.1. The van der Waals surface area contributed by atoms with Crippen molar-refractivity contribution < 1.29 is 62.2 Å². The molecule has 1 aromatic rings. The molecular formula is C16H11F13O. The van der Waals surface area contributed by atoms with Crippen LogP contribution in [0.4, 0.5) is 57.1 Å². The largest absolute Gasteiger partial charge is 0.460 e. The van der Waals surface area contributed by atoms with E-state index in [2.05, 4.69) is 0 Å². The van der Waals surface area contributed by atoms with Gasteiger partial charge in [-0.05, 0) is 18.6 Å². The Morgan fingerprint density at radius 3 is 1.37 bits per heavy atom. The van der Waals surface area contributed by atoms with Crippen LogP contribution in [0.3, 0.4) is 0 Å². The molecule has 0 aliphatic carbocycles. The molecule has 0 amide bonds. The molecule has 0 bridgehead atoms. The van der Waals surface area contributed by atoms with E-state index in [1.54, 1.807) is 0 Å². The summed E-state index contributed by atoms with van der Waals surface area (Å²) in [7, 11) is 0. The standard InChI is InChI=1S/C16H11F13O/c1-10(30,8-7-9-5-3-2-4-6-9)11(17,18)12(19,20)13(21,22)14(23,24)15(25,26)16(27,28)29/h2-8,30H,1H3/b8-7+. The summed E-state index contributed by atoms with van der Waals surface area (Å²) in [4.78, 5) is 0. The maximum absolute atomic E-state index is 14.0. The number of hydrogen-bond acceptors (Lipinski definition) is 1. The first-order valence-electron chi connectivity index (χ1n) is 7.50. The summed E-state index contributed by atoms with van der Waals surface area (Å²) in [6.45, 7) is -0.253. The lowest BCUT2D eigenvalue weighted by Crippen LogP contribution is -2.73. The minimum atomic E-state index is -8.01. The van der Waals surface area contributed by atoms with Gasteiger partial charge in [0.05, 0.1) is 0 Å². The second kappa shape index (κ2) is 7.31. The topological polar surface area (TPSA) is 20.2 Å². The van der Waals surface area contributed by atoms with Gasteiger partial charge in [-0.25, -0.2) is 0 Å². The van der Waals surface area contributed by atoms with Crippen LogP contribution in [0.1, 0.15) is 12.5 Å². The third kappa shape index (κ3) is 3.73. The van der Waals surface area contributed by atoms with Crippen LogP contribution in [0.15, 0.2) is 36.4 Å². The van der Waals surface area contributed by atoms with Crippen molar-refractivity contribution in [2.24, 2.45) is 0 Å². The van der Waals surface area contributed by atoms with Crippen molar-refractivity contribution in [2.45, 2.75) is 48.3 Å². The zero-order valence-corrected chi connectivity index (χ0v) is 14.4. The molecule has 0 spiro atoms. The van der Waals surface area contributed by atoms with Crippen LogP contribution in [0.2, 0.25) is 0 Å². The van der Waals surface area contributed by atoms with Gasteiger partial charge in [0.15, 0.2) is 5.60 Å². The van der Waals surface area contributed by atoms with Crippen molar-refractivity contribution >= 4 is 6.08 Å². The molecule has 1 N–H and O–H groups in total. The number of halogens is 13. The lowest BCUT2D eigenvalue weighted by Gasteiger charge is -2.43. The predicted octanol–water partition coefficient (Wildman–Crippen LogP) is 6.19. The molecule has 0 radical (unpaired) electrons. The number of aliphatic hydroxyl groups is 1. The van der Waals surface area contributed by atoms with Crippen molar-refractivity contribution in [2.75, 3.05) is 0 Å². The lowest BCUT2D eigenvalue weighted by molar-refractivity contribution is -0.447. The molecule has 0 saturated carbocycles. The zero-order chi connectivity index (χ0) is 24.0. The third-order valence-corrected chi connectivity index (χ3v) is 3.97. The molecule has 172 valence electrons. The average Bonchev–Trinajstić information content (AvgIpc) is 2.59. The highest BCUT2D eigenvalue weighted by molar-refractivity contribution is 5.50. The SMILES string of the molecule is CC(O)(/C=C/c1ccccc1)C(F)(F)C(F)(F)C(F)(F)C(F)(F)C(F)(F)C(F)(F)F. The Labute approximate surface area is 159 Å². The van der Waals surface area contributed by atoms with Crippen molar-refractivity contribution in [3.63, 3.8) is 0 Å². The van der Waals surface area contributed by atoms with E-state index in [4.69, 9.17) is 0 Å². The highest BCUT2D eigenvalue weighted by Crippen LogP contribution is 2.61. The van der Waals surface area contributed by atoms with Gasteiger partial charge in [0.1, 0.15) is 0 Å². The van der Waals surface area contributed by atoms with E-state index < -0.39 is 41.4 Å². The van der Waals surface area contributed by atoms with Crippen LogP contribution in [-0.4, -0.2) is 46.5 Å². The van der Waals surface area contributed by atoms with E-state index in [0.29, 0.717) is 6.08 Å². The fraction of sp³-hybridized carbons (Fsp3) is 0.500. The summed E-state index contributed by atoms with van der Waals surface area (Å²) < 4.78 is 171. The Kier molecular flexibility index (Phi) is 6.34. The van der Waals surface area contributed by atoms with Gasteiger partial charge in [0.2, 0.25) is 0 Å². The Bertz CT molecular complexity index is 763. The van der Waals surface area contributed by atoms with Gasteiger partial charge in [0, 0.05) is 0 Å². The molecule has 1 atom stereocenters. The van der Waals surface area contributed by atoms with E-state index in [1.165, 1.54) is 18.2 Å². The molecule has 0 aromatic heterocycles. The van der Waals surface area contributed by atoms with Crippen molar-refractivity contribution in [1.82, 2.24) is 0 Å². The number of benzene rings is 1. The van der Waals surface area contributed by atoms with Crippen molar-refractivity contribution in [3.05, 3.63) is 42.0 Å². The fourth-order valence-corrected chi connectivity index (χ4v) is 2.01. The lowest BCUT2D eigenvalue weighted by atomic mass is 9.85. The smallest absolute Gasteiger partial charge is 0.379 e. The van der Waals surface area contributed by atoms with Crippen LogP contribution >= 0.6 is 0 Å². The second-order valence-electron chi connectivity index (χ2n) is 6.26. The zero-order valence-electron chi connectivity index (χ0n) is 14.4. The average molecular weight is 466 g/mol. The summed E-state index contributed by atoms with van der Waals surface area (Å²) in [5.74, 6) is -38.0. The Balaban J connectivity index is 3.49. The van der Waals surface area contributed by atoms with Crippen LogP contribution in [0, 0.1) is 0 Å². The van der Waals surface area contributed by atoms with Gasteiger partial charge in [-0.15, -0.1) is 0 Å². The van der Waals surface area contributed by atoms with E-state index >= 15 is 0 Å². The number of hydrogen-bond donors (Lipinski definition) is 1. The van der Waals surface area contributed by atoms with Crippen LogP contribution < -0.4 is 0 Å². The van der Waals surface area contributed by atoms with Gasteiger partial charge in [-0.1, -0.05) is 36.4 Å². The summed E-state index contributed by atoms with van der Waals surface area (Å²) in [6.07, 6.45) is -7.24. The highest BCUT2D eigenvalue weighted by Gasteiger charge is 2.92. The number of rotatable bonds is 7. The molecule has 0 fully saturated rings. The van der Waals surface area contributed by atoms with E-state index in [0.717, 1.165) is 12.1 Å². The molecule has 14 heteroatoms. The second-order valence-corrected chi connectivity index (χ2v) is 6.26. The van der Waals surface area contributed by atoms with E-state index in [1.807, 2.05) is 0 Å². The Morgan fingerprint density at radius 2 is 0.967 bits per heavy atom. The third-order valence-electron chi connectivity index (χ3n) is 3.97. The minimum Gasteiger partial charge on any atom is -0.379 e. The Morgan fingerprint density at radius 1 is 0.600 bits per heavy atom. The van der Waals surface area contributed by atoms with Gasteiger partial charge in [-0.3, -0.25) is 0 Å². The molecule has 0 saturated heterocycles. The molecule has 1 rings (SSSR count). The molecule has 1 nitrogen and oxygen atoms in total. The summed E-state index contributed by atoms with van der Waals surface area (Å²) in [5, 5.41) is 9.53. The van der Waals surface area contributed by atoms with E-state index in [-0.39, 0.29) is 18.6 Å². The quantitative estimate of drug-likeness (QED) is 0.476. The van der Waals surface area contributed by atoms with E-state index in [9.17, 15) is 62.2 Å². The van der Waals surface area contributed by atoms with Gasteiger partial charge >= 0.3 is 35.8 Å². The maximum Gasteiger partial charge on any atom is 0.460 e.